The van der Waals surface area contributed by atoms with E-state index in [1.54, 1.807) is 0 Å². The summed E-state index contributed by atoms with van der Waals surface area (Å²) in [6.07, 6.45) is 0. The van der Waals surface area contributed by atoms with Crippen LogP contribution in [-0.4, -0.2) is 0 Å². The van der Waals surface area contributed by atoms with Crippen LogP contribution in [0.4, 0.5) is 5.69 Å². The number of rotatable bonds is 3. The molecule has 0 aliphatic rings. The van der Waals surface area contributed by atoms with Gasteiger partial charge in [0.2, 0.25) is 0 Å². The second-order valence-electron chi connectivity index (χ2n) is 4.08. The fourth-order valence-electron chi connectivity index (χ4n) is 1.80. The summed E-state index contributed by atoms with van der Waals surface area (Å²) in [5.41, 5.74) is 3.83. The Morgan fingerprint density at radius 3 is 2.72 bits per heavy atom. The number of nitrogens with one attached hydrogen (secondary N) is 1. The van der Waals surface area contributed by atoms with Gasteiger partial charge in [-0.15, -0.1) is 0 Å². The van der Waals surface area contributed by atoms with Crippen molar-refractivity contribution in [3.63, 3.8) is 0 Å². The smallest absolute Gasteiger partial charge is 0.0995 e. The van der Waals surface area contributed by atoms with Gasteiger partial charge in [-0.05, 0) is 42.3 Å². The number of hydrogen-bond donors (Lipinski definition) is 1. The quantitative estimate of drug-likeness (QED) is 0.896. The molecular formula is C15H13ClN2. The van der Waals surface area contributed by atoms with Crippen molar-refractivity contribution in [2.24, 2.45) is 0 Å². The molecule has 2 aromatic carbocycles. The number of aryl methyl sites for hydroxylation is 1. The molecular weight excluding hydrogens is 244 g/mol. The van der Waals surface area contributed by atoms with Crippen molar-refractivity contribution in [2.75, 3.05) is 5.32 Å². The van der Waals surface area contributed by atoms with E-state index in [0.29, 0.717) is 12.1 Å². The van der Waals surface area contributed by atoms with Crippen LogP contribution in [0.5, 0.6) is 0 Å². The topological polar surface area (TPSA) is 35.8 Å². The van der Waals surface area contributed by atoms with Gasteiger partial charge < -0.3 is 5.32 Å². The first-order valence-corrected chi connectivity index (χ1v) is 6.06. The van der Waals surface area contributed by atoms with Crippen LogP contribution in [0, 0.1) is 18.3 Å². The Kier molecular flexibility index (Phi) is 3.86. The molecule has 18 heavy (non-hydrogen) atoms. The molecule has 0 saturated carbocycles. The zero-order valence-corrected chi connectivity index (χ0v) is 10.8. The number of nitriles is 1. The van der Waals surface area contributed by atoms with Crippen LogP contribution < -0.4 is 5.32 Å². The van der Waals surface area contributed by atoms with Gasteiger partial charge in [0.25, 0.3) is 0 Å². The van der Waals surface area contributed by atoms with E-state index < -0.39 is 0 Å². The lowest BCUT2D eigenvalue weighted by molar-refractivity contribution is 1.13. The SMILES string of the molecule is Cc1cc(Cl)ccc1NCc1ccccc1C#N. The normalized spacial score (nSPS) is 9.83. The number of hydrogen-bond acceptors (Lipinski definition) is 2. The number of halogens is 1. The third-order valence-electron chi connectivity index (χ3n) is 2.80. The Bertz CT molecular complexity index is 600. The fourth-order valence-corrected chi connectivity index (χ4v) is 2.03. The minimum atomic E-state index is 0.631. The van der Waals surface area contributed by atoms with Crippen molar-refractivity contribution in [2.45, 2.75) is 13.5 Å². The highest BCUT2D eigenvalue weighted by atomic mass is 35.5. The summed E-state index contributed by atoms with van der Waals surface area (Å²) in [5.74, 6) is 0. The van der Waals surface area contributed by atoms with Crippen molar-refractivity contribution in [3.05, 3.63) is 64.2 Å². The van der Waals surface area contributed by atoms with E-state index in [0.717, 1.165) is 21.8 Å². The van der Waals surface area contributed by atoms with E-state index in [1.807, 2.05) is 49.4 Å². The van der Waals surface area contributed by atoms with Gasteiger partial charge >= 0.3 is 0 Å². The third-order valence-corrected chi connectivity index (χ3v) is 3.03. The summed E-state index contributed by atoms with van der Waals surface area (Å²) < 4.78 is 0. The molecule has 2 aromatic rings. The molecule has 2 rings (SSSR count). The predicted molar refractivity (Wildman–Crippen MR) is 74.7 cm³/mol. The Morgan fingerprint density at radius 1 is 1.22 bits per heavy atom. The van der Waals surface area contributed by atoms with Crippen molar-refractivity contribution in [1.29, 1.82) is 5.26 Å². The first-order valence-electron chi connectivity index (χ1n) is 5.69. The van der Waals surface area contributed by atoms with Crippen LogP contribution in [0.1, 0.15) is 16.7 Å². The van der Waals surface area contributed by atoms with E-state index in [2.05, 4.69) is 11.4 Å². The molecule has 2 nitrogen and oxygen atoms in total. The summed E-state index contributed by atoms with van der Waals surface area (Å²) in [6.45, 7) is 2.64. The molecule has 0 aliphatic carbocycles. The van der Waals surface area contributed by atoms with E-state index in [4.69, 9.17) is 16.9 Å². The van der Waals surface area contributed by atoms with Crippen LogP contribution in [0.25, 0.3) is 0 Å². The molecule has 0 saturated heterocycles. The summed E-state index contributed by atoms with van der Waals surface area (Å²) >= 11 is 5.91. The lowest BCUT2D eigenvalue weighted by Crippen LogP contribution is -2.02. The number of anilines is 1. The van der Waals surface area contributed by atoms with E-state index in [9.17, 15) is 0 Å². The van der Waals surface area contributed by atoms with Crippen LogP contribution in [0.3, 0.4) is 0 Å². The largest absolute Gasteiger partial charge is 0.381 e. The molecule has 0 spiro atoms. The molecule has 1 N–H and O–H groups in total. The zero-order chi connectivity index (χ0) is 13.0. The summed E-state index contributed by atoms with van der Waals surface area (Å²) in [6, 6.07) is 15.5. The predicted octanol–water partition coefficient (Wildman–Crippen LogP) is 4.13. The lowest BCUT2D eigenvalue weighted by Gasteiger charge is -2.10. The molecule has 0 bridgehead atoms. The molecule has 0 radical (unpaired) electrons. The molecule has 0 heterocycles. The Balaban J connectivity index is 2.14. The molecule has 90 valence electrons. The minimum absolute atomic E-state index is 0.631. The van der Waals surface area contributed by atoms with Gasteiger partial charge in [-0.2, -0.15) is 5.26 Å². The number of nitrogens with zero attached hydrogens (tertiary/aromatic N) is 1. The van der Waals surface area contributed by atoms with Gasteiger partial charge in [-0.1, -0.05) is 29.8 Å². The summed E-state index contributed by atoms with van der Waals surface area (Å²) in [5, 5.41) is 13.1. The van der Waals surface area contributed by atoms with Crippen molar-refractivity contribution >= 4 is 17.3 Å². The highest BCUT2D eigenvalue weighted by Crippen LogP contribution is 2.20. The summed E-state index contributed by atoms with van der Waals surface area (Å²) in [7, 11) is 0. The lowest BCUT2D eigenvalue weighted by atomic mass is 10.1. The van der Waals surface area contributed by atoms with Crippen LogP contribution in [-0.2, 0) is 6.54 Å². The van der Waals surface area contributed by atoms with Crippen molar-refractivity contribution in [3.8, 4) is 6.07 Å². The average Bonchev–Trinajstić information content (AvgIpc) is 2.38. The van der Waals surface area contributed by atoms with Crippen molar-refractivity contribution in [1.82, 2.24) is 0 Å². The fraction of sp³-hybridized carbons (Fsp3) is 0.133. The maximum Gasteiger partial charge on any atom is 0.0995 e. The maximum absolute atomic E-state index is 9.01. The highest BCUT2D eigenvalue weighted by molar-refractivity contribution is 6.30. The Morgan fingerprint density at radius 2 is 2.00 bits per heavy atom. The minimum Gasteiger partial charge on any atom is -0.381 e. The van der Waals surface area contributed by atoms with Crippen LogP contribution in [0.2, 0.25) is 5.02 Å². The number of benzene rings is 2. The molecule has 3 heteroatoms. The third kappa shape index (κ3) is 2.82. The zero-order valence-electron chi connectivity index (χ0n) is 10.1. The first-order chi connectivity index (χ1) is 8.70. The van der Waals surface area contributed by atoms with Gasteiger partial charge in [0.15, 0.2) is 0 Å². The molecule has 0 aromatic heterocycles. The molecule has 0 aliphatic heterocycles. The molecule has 0 atom stereocenters. The standard InChI is InChI=1S/C15H13ClN2/c1-11-8-14(16)6-7-15(11)18-10-13-5-3-2-4-12(13)9-17/h2-8,18H,10H2,1H3. The van der Waals surface area contributed by atoms with Gasteiger partial charge in [0.05, 0.1) is 11.6 Å². The van der Waals surface area contributed by atoms with Crippen LogP contribution >= 0.6 is 11.6 Å². The summed E-state index contributed by atoms with van der Waals surface area (Å²) in [4.78, 5) is 0. The molecule has 0 unspecified atom stereocenters. The van der Waals surface area contributed by atoms with Gasteiger partial charge in [-0.3, -0.25) is 0 Å². The average molecular weight is 257 g/mol. The molecule has 0 fully saturated rings. The Labute approximate surface area is 112 Å². The molecule has 0 amide bonds. The highest BCUT2D eigenvalue weighted by Gasteiger charge is 2.02. The van der Waals surface area contributed by atoms with Crippen molar-refractivity contribution < 1.29 is 0 Å². The van der Waals surface area contributed by atoms with E-state index in [1.165, 1.54) is 0 Å². The Hall–Kier alpha value is -1.98. The van der Waals surface area contributed by atoms with Gasteiger partial charge in [-0.25, -0.2) is 0 Å². The van der Waals surface area contributed by atoms with E-state index >= 15 is 0 Å². The second-order valence-corrected chi connectivity index (χ2v) is 4.52. The van der Waals surface area contributed by atoms with Gasteiger partial charge in [0, 0.05) is 17.3 Å². The monoisotopic (exact) mass is 256 g/mol. The van der Waals surface area contributed by atoms with E-state index in [-0.39, 0.29) is 0 Å². The maximum atomic E-state index is 9.01. The second kappa shape index (κ2) is 5.57. The van der Waals surface area contributed by atoms with Gasteiger partial charge in [0.1, 0.15) is 0 Å². The first kappa shape index (κ1) is 12.5. The van der Waals surface area contributed by atoms with Crippen LogP contribution in [0.15, 0.2) is 42.5 Å².